The molecular formula is C12H22ClNO. The zero-order valence-electron chi connectivity index (χ0n) is 10.1. The number of carbonyl (C=O) groups is 1. The Morgan fingerprint density at radius 1 is 1.53 bits per heavy atom. The molecule has 2 nitrogen and oxygen atoms in total. The molecule has 1 saturated carbocycles. The minimum atomic E-state index is 0.0656. The van der Waals surface area contributed by atoms with Crippen LogP contribution < -0.4 is 5.32 Å². The van der Waals surface area contributed by atoms with E-state index in [4.69, 9.17) is 11.6 Å². The fraction of sp³-hybridized carbons (Fsp3) is 0.917. The van der Waals surface area contributed by atoms with E-state index in [1.165, 1.54) is 0 Å². The summed E-state index contributed by atoms with van der Waals surface area (Å²) >= 11 is 6.10. The molecule has 0 spiro atoms. The van der Waals surface area contributed by atoms with Crippen LogP contribution in [0.5, 0.6) is 0 Å². The Kier molecular flexibility index (Phi) is 4.05. The molecule has 2 unspecified atom stereocenters. The quantitative estimate of drug-likeness (QED) is 0.725. The molecule has 0 bridgehead atoms. The molecule has 2 atom stereocenters. The van der Waals surface area contributed by atoms with Gasteiger partial charge in [0.1, 0.15) is 0 Å². The molecule has 0 aromatic rings. The van der Waals surface area contributed by atoms with Crippen molar-refractivity contribution in [3.63, 3.8) is 0 Å². The minimum Gasteiger partial charge on any atom is -0.354 e. The fourth-order valence-electron chi connectivity index (χ4n) is 1.84. The van der Waals surface area contributed by atoms with Crippen molar-refractivity contribution in [2.75, 3.05) is 6.54 Å². The topological polar surface area (TPSA) is 29.1 Å². The molecule has 1 fully saturated rings. The van der Waals surface area contributed by atoms with Crippen LogP contribution in [0.4, 0.5) is 0 Å². The molecule has 1 amide bonds. The van der Waals surface area contributed by atoms with Crippen LogP contribution in [0.3, 0.4) is 0 Å². The first-order chi connectivity index (χ1) is 6.83. The maximum atomic E-state index is 11.6. The number of carbonyl (C=O) groups excluding carboxylic acids is 1. The highest BCUT2D eigenvalue weighted by molar-refractivity contribution is 6.20. The molecule has 0 saturated heterocycles. The molecule has 1 rings (SSSR count). The van der Waals surface area contributed by atoms with Crippen LogP contribution in [-0.4, -0.2) is 17.8 Å². The summed E-state index contributed by atoms with van der Waals surface area (Å²) in [6.45, 7) is 9.14. The van der Waals surface area contributed by atoms with Gasteiger partial charge in [0.25, 0.3) is 0 Å². The van der Waals surface area contributed by atoms with Gasteiger partial charge in [-0.2, -0.15) is 0 Å². The largest absolute Gasteiger partial charge is 0.354 e. The van der Waals surface area contributed by atoms with Crippen LogP contribution in [0.2, 0.25) is 0 Å². The van der Waals surface area contributed by atoms with Gasteiger partial charge in [-0.05, 0) is 24.2 Å². The van der Waals surface area contributed by atoms with Crippen molar-refractivity contribution in [1.29, 1.82) is 0 Å². The smallest absolute Gasteiger partial charge is 0.223 e. The molecule has 1 aliphatic rings. The summed E-state index contributed by atoms with van der Waals surface area (Å²) in [6, 6.07) is 0. The molecule has 0 aliphatic heterocycles. The predicted octanol–water partition coefficient (Wildman–Crippen LogP) is 2.80. The molecular weight excluding hydrogens is 210 g/mol. The first-order valence-electron chi connectivity index (χ1n) is 5.74. The molecule has 0 heterocycles. The number of hydrogen-bond donors (Lipinski definition) is 1. The van der Waals surface area contributed by atoms with Gasteiger partial charge in [0.15, 0.2) is 0 Å². The number of rotatable bonds is 5. The lowest BCUT2D eigenvalue weighted by atomic mass is 10.1. The Balaban J connectivity index is 2.18. The summed E-state index contributed by atoms with van der Waals surface area (Å²) < 4.78 is 0. The van der Waals surface area contributed by atoms with Gasteiger partial charge < -0.3 is 5.32 Å². The van der Waals surface area contributed by atoms with Gasteiger partial charge in [-0.1, -0.05) is 27.7 Å². The molecule has 15 heavy (non-hydrogen) atoms. The van der Waals surface area contributed by atoms with Crippen molar-refractivity contribution in [1.82, 2.24) is 5.32 Å². The Morgan fingerprint density at radius 3 is 2.47 bits per heavy atom. The van der Waals surface area contributed by atoms with Crippen LogP contribution in [0, 0.1) is 17.3 Å². The maximum absolute atomic E-state index is 11.6. The third kappa shape index (κ3) is 4.02. The molecule has 0 aromatic carbocycles. The van der Waals surface area contributed by atoms with Crippen molar-refractivity contribution < 1.29 is 4.79 Å². The van der Waals surface area contributed by atoms with E-state index >= 15 is 0 Å². The van der Waals surface area contributed by atoms with Gasteiger partial charge in [0, 0.05) is 12.5 Å². The number of alkyl halides is 1. The second-order valence-corrected chi connectivity index (χ2v) is 6.33. The van der Waals surface area contributed by atoms with Crippen molar-refractivity contribution in [3.8, 4) is 0 Å². The molecule has 0 aromatic heterocycles. The summed E-state index contributed by atoms with van der Waals surface area (Å²) in [7, 11) is 0. The van der Waals surface area contributed by atoms with Crippen LogP contribution >= 0.6 is 11.6 Å². The second kappa shape index (κ2) is 4.73. The summed E-state index contributed by atoms with van der Waals surface area (Å²) in [5.41, 5.74) is 0.212. The summed E-state index contributed by atoms with van der Waals surface area (Å²) in [4.78, 5) is 11.6. The Morgan fingerprint density at radius 2 is 2.07 bits per heavy atom. The van der Waals surface area contributed by atoms with Crippen molar-refractivity contribution in [3.05, 3.63) is 0 Å². The van der Waals surface area contributed by atoms with E-state index in [0.717, 1.165) is 12.8 Å². The summed E-state index contributed by atoms with van der Waals surface area (Å²) in [6.07, 6.45) is 1.96. The first kappa shape index (κ1) is 12.8. The highest BCUT2D eigenvalue weighted by atomic mass is 35.5. The zero-order chi connectivity index (χ0) is 11.6. The van der Waals surface area contributed by atoms with E-state index in [0.29, 0.717) is 12.5 Å². The van der Waals surface area contributed by atoms with Gasteiger partial charge >= 0.3 is 0 Å². The van der Waals surface area contributed by atoms with Crippen LogP contribution in [0.25, 0.3) is 0 Å². The molecule has 1 N–H and O–H groups in total. The van der Waals surface area contributed by atoms with Crippen LogP contribution in [0.1, 0.15) is 40.5 Å². The van der Waals surface area contributed by atoms with Gasteiger partial charge in [-0.3, -0.25) is 4.79 Å². The average molecular weight is 232 g/mol. The number of hydrogen-bond acceptors (Lipinski definition) is 1. The van der Waals surface area contributed by atoms with E-state index in [-0.39, 0.29) is 22.6 Å². The lowest BCUT2D eigenvalue weighted by Gasteiger charge is -2.13. The highest BCUT2D eigenvalue weighted by Gasteiger charge is 2.50. The van der Waals surface area contributed by atoms with Gasteiger partial charge in [0.05, 0.1) is 5.38 Å². The van der Waals surface area contributed by atoms with Gasteiger partial charge in [-0.15, -0.1) is 11.6 Å². The average Bonchev–Trinajstić information content (AvgIpc) is 2.70. The molecule has 88 valence electrons. The van der Waals surface area contributed by atoms with E-state index in [9.17, 15) is 4.79 Å². The van der Waals surface area contributed by atoms with E-state index in [2.05, 4.69) is 33.0 Å². The Labute approximate surface area is 97.8 Å². The van der Waals surface area contributed by atoms with Crippen LogP contribution in [-0.2, 0) is 4.79 Å². The number of amides is 1. The monoisotopic (exact) mass is 231 g/mol. The molecule has 1 aliphatic carbocycles. The zero-order valence-corrected chi connectivity index (χ0v) is 10.9. The van der Waals surface area contributed by atoms with E-state index in [1.807, 2.05) is 0 Å². The Bertz CT molecular complexity index is 238. The van der Waals surface area contributed by atoms with Crippen molar-refractivity contribution in [2.45, 2.75) is 45.9 Å². The maximum Gasteiger partial charge on any atom is 0.223 e. The lowest BCUT2D eigenvalue weighted by molar-refractivity contribution is -0.122. The van der Waals surface area contributed by atoms with E-state index < -0.39 is 0 Å². The minimum absolute atomic E-state index is 0.0656. The SMILES string of the molecule is CC(C)CC(Cl)CNC(=O)C1CC1(C)C. The number of nitrogens with one attached hydrogen (secondary N) is 1. The number of halogens is 1. The molecule has 3 heteroatoms. The van der Waals surface area contributed by atoms with Crippen molar-refractivity contribution in [2.24, 2.45) is 17.3 Å². The highest BCUT2D eigenvalue weighted by Crippen LogP contribution is 2.51. The third-order valence-electron chi connectivity index (χ3n) is 3.05. The standard InChI is InChI=1S/C12H22ClNO/c1-8(2)5-9(13)7-14-11(15)10-6-12(10,3)4/h8-10H,5-7H2,1-4H3,(H,14,15). The summed E-state index contributed by atoms with van der Waals surface area (Å²) in [5.74, 6) is 0.969. The van der Waals surface area contributed by atoms with E-state index in [1.54, 1.807) is 0 Å². The Hall–Kier alpha value is -0.240. The predicted molar refractivity (Wildman–Crippen MR) is 64.0 cm³/mol. The van der Waals surface area contributed by atoms with Crippen LogP contribution in [0.15, 0.2) is 0 Å². The normalized spacial score (nSPS) is 25.1. The van der Waals surface area contributed by atoms with Gasteiger partial charge in [-0.25, -0.2) is 0 Å². The fourth-order valence-corrected chi connectivity index (χ4v) is 2.28. The lowest BCUT2D eigenvalue weighted by Crippen LogP contribution is -2.32. The first-order valence-corrected chi connectivity index (χ1v) is 6.18. The molecule has 0 radical (unpaired) electrons. The third-order valence-corrected chi connectivity index (χ3v) is 3.39. The van der Waals surface area contributed by atoms with Crippen molar-refractivity contribution >= 4 is 17.5 Å². The van der Waals surface area contributed by atoms with Gasteiger partial charge in [0.2, 0.25) is 5.91 Å². The summed E-state index contributed by atoms with van der Waals surface area (Å²) in [5, 5.41) is 3.00. The second-order valence-electron chi connectivity index (χ2n) is 5.72.